The van der Waals surface area contributed by atoms with E-state index in [0.717, 1.165) is 30.8 Å². The Morgan fingerprint density at radius 1 is 1.61 bits per heavy atom. The van der Waals surface area contributed by atoms with Crippen LogP contribution in [0.3, 0.4) is 0 Å². The van der Waals surface area contributed by atoms with E-state index in [1.54, 1.807) is 12.3 Å². The lowest BCUT2D eigenvalue weighted by atomic mass is 10.1. The highest BCUT2D eigenvalue weighted by molar-refractivity contribution is 7.08. The molecule has 5 nitrogen and oxygen atoms in total. The molecule has 6 heteroatoms. The Balaban J connectivity index is 1.85. The molecular formula is C12H13N3O2S. The fourth-order valence-electron chi connectivity index (χ4n) is 2.33. The van der Waals surface area contributed by atoms with Gasteiger partial charge in [0.05, 0.1) is 6.04 Å². The minimum atomic E-state index is 0.0389. The second-order valence-corrected chi connectivity index (χ2v) is 5.23. The molecule has 0 bridgehead atoms. The fourth-order valence-corrected chi connectivity index (χ4v) is 2.88. The summed E-state index contributed by atoms with van der Waals surface area (Å²) in [5.41, 5.74) is 0.850. The summed E-state index contributed by atoms with van der Waals surface area (Å²) in [6.45, 7) is 2.63. The van der Waals surface area contributed by atoms with Gasteiger partial charge in [-0.1, -0.05) is 5.16 Å². The smallest absolute Gasteiger partial charge is 0.266 e. The SMILES string of the molecule is Cc1cc(C2CCCN2C(=O)c2ccns2)no1. The Hall–Kier alpha value is -1.69. The van der Waals surface area contributed by atoms with Gasteiger partial charge in [0, 0.05) is 18.8 Å². The van der Waals surface area contributed by atoms with Crippen LogP contribution in [-0.4, -0.2) is 26.9 Å². The molecule has 3 rings (SSSR count). The molecule has 94 valence electrons. The van der Waals surface area contributed by atoms with Gasteiger partial charge >= 0.3 is 0 Å². The van der Waals surface area contributed by atoms with Crippen LogP contribution < -0.4 is 0 Å². The maximum absolute atomic E-state index is 12.3. The van der Waals surface area contributed by atoms with E-state index in [-0.39, 0.29) is 11.9 Å². The summed E-state index contributed by atoms with van der Waals surface area (Å²) in [5, 5.41) is 4.03. The van der Waals surface area contributed by atoms with Crippen LogP contribution >= 0.6 is 11.5 Å². The summed E-state index contributed by atoms with van der Waals surface area (Å²) in [6.07, 6.45) is 3.60. The van der Waals surface area contributed by atoms with Gasteiger partial charge in [0.25, 0.3) is 5.91 Å². The first-order valence-corrected chi connectivity index (χ1v) is 6.68. The van der Waals surface area contributed by atoms with E-state index in [4.69, 9.17) is 4.52 Å². The molecular weight excluding hydrogens is 250 g/mol. The lowest BCUT2D eigenvalue weighted by molar-refractivity contribution is 0.0736. The molecule has 0 aliphatic carbocycles. The summed E-state index contributed by atoms with van der Waals surface area (Å²) >= 11 is 1.24. The number of carbonyl (C=O) groups is 1. The van der Waals surface area contributed by atoms with Crippen molar-refractivity contribution in [3.8, 4) is 0 Å². The van der Waals surface area contributed by atoms with Crippen molar-refractivity contribution in [2.75, 3.05) is 6.54 Å². The molecule has 1 aliphatic heterocycles. The third-order valence-electron chi connectivity index (χ3n) is 3.15. The second-order valence-electron chi connectivity index (χ2n) is 4.40. The molecule has 1 atom stereocenters. The Labute approximate surface area is 109 Å². The summed E-state index contributed by atoms with van der Waals surface area (Å²) in [5.74, 6) is 0.822. The van der Waals surface area contributed by atoms with Gasteiger partial charge in [0.2, 0.25) is 0 Å². The van der Waals surface area contributed by atoms with Crippen molar-refractivity contribution in [3.63, 3.8) is 0 Å². The number of amides is 1. The van der Waals surface area contributed by atoms with Crippen LogP contribution in [-0.2, 0) is 0 Å². The predicted octanol–water partition coefficient (Wildman–Crippen LogP) is 2.42. The summed E-state index contributed by atoms with van der Waals surface area (Å²) in [7, 11) is 0. The molecule has 0 spiro atoms. The van der Waals surface area contributed by atoms with Crippen molar-refractivity contribution in [3.05, 3.63) is 34.7 Å². The molecule has 1 amide bonds. The van der Waals surface area contributed by atoms with Crippen molar-refractivity contribution in [1.29, 1.82) is 0 Å². The number of hydrogen-bond donors (Lipinski definition) is 0. The number of nitrogens with zero attached hydrogens (tertiary/aromatic N) is 3. The normalized spacial score (nSPS) is 19.4. The Morgan fingerprint density at radius 2 is 2.50 bits per heavy atom. The number of likely N-dealkylation sites (tertiary alicyclic amines) is 1. The summed E-state index contributed by atoms with van der Waals surface area (Å²) in [6, 6.07) is 3.70. The van der Waals surface area contributed by atoms with Crippen LogP contribution in [0.1, 0.15) is 40.0 Å². The van der Waals surface area contributed by atoms with Crippen molar-refractivity contribution in [2.24, 2.45) is 0 Å². The van der Waals surface area contributed by atoms with E-state index in [9.17, 15) is 4.79 Å². The maximum Gasteiger partial charge on any atom is 0.266 e. The molecule has 1 aliphatic rings. The maximum atomic E-state index is 12.3. The molecule has 2 aromatic rings. The van der Waals surface area contributed by atoms with Crippen LogP contribution in [0.2, 0.25) is 0 Å². The first-order chi connectivity index (χ1) is 8.75. The standard InChI is InChI=1S/C12H13N3O2S/c1-8-7-9(14-17-8)10-3-2-6-15(10)12(16)11-4-5-13-18-11/h4-5,7,10H,2-3,6H2,1H3. The third kappa shape index (κ3) is 1.92. The average Bonchev–Trinajstić information content (AvgIpc) is 3.09. The van der Waals surface area contributed by atoms with Crippen molar-refractivity contribution < 1.29 is 9.32 Å². The van der Waals surface area contributed by atoms with E-state index >= 15 is 0 Å². The molecule has 0 N–H and O–H groups in total. The Kier molecular flexibility index (Phi) is 2.87. The molecule has 2 aromatic heterocycles. The zero-order chi connectivity index (χ0) is 12.5. The van der Waals surface area contributed by atoms with Gasteiger partial charge < -0.3 is 9.42 Å². The van der Waals surface area contributed by atoms with Crippen LogP contribution in [0, 0.1) is 6.92 Å². The van der Waals surface area contributed by atoms with Crippen molar-refractivity contribution >= 4 is 17.4 Å². The van der Waals surface area contributed by atoms with Crippen LogP contribution in [0.15, 0.2) is 22.9 Å². The molecule has 0 saturated carbocycles. The van der Waals surface area contributed by atoms with Gasteiger partial charge in [-0.25, -0.2) is 4.37 Å². The van der Waals surface area contributed by atoms with Gasteiger partial charge in [-0.3, -0.25) is 4.79 Å². The molecule has 1 saturated heterocycles. The number of hydrogen-bond acceptors (Lipinski definition) is 5. The fraction of sp³-hybridized carbons (Fsp3) is 0.417. The number of aryl methyl sites for hydroxylation is 1. The highest BCUT2D eigenvalue weighted by atomic mass is 32.1. The van der Waals surface area contributed by atoms with E-state index in [0.29, 0.717) is 4.88 Å². The summed E-state index contributed by atoms with van der Waals surface area (Å²) in [4.78, 5) is 14.9. The minimum absolute atomic E-state index is 0.0389. The summed E-state index contributed by atoms with van der Waals surface area (Å²) < 4.78 is 9.07. The van der Waals surface area contributed by atoms with Crippen LogP contribution in [0.4, 0.5) is 0 Å². The topological polar surface area (TPSA) is 59.2 Å². The van der Waals surface area contributed by atoms with Gasteiger partial charge in [-0.15, -0.1) is 0 Å². The second kappa shape index (κ2) is 4.53. The Morgan fingerprint density at radius 3 is 3.17 bits per heavy atom. The van der Waals surface area contributed by atoms with Gasteiger partial charge in [-0.2, -0.15) is 0 Å². The highest BCUT2D eigenvalue weighted by Crippen LogP contribution is 2.33. The monoisotopic (exact) mass is 263 g/mol. The zero-order valence-corrected chi connectivity index (χ0v) is 10.8. The quantitative estimate of drug-likeness (QED) is 0.835. The molecule has 1 fully saturated rings. The largest absolute Gasteiger partial charge is 0.361 e. The lowest BCUT2D eigenvalue weighted by Crippen LogP contribution is -2.30. The first-order valence-electron chi connectivity index (χ1n) is 5.90. The number of carbonyl (C=O) groups excluding carboxylic acids is 1. The molecule has 3 heterocycles. The van der Waals surface area contributed by atoms with Crippen LogP contribution in [0.25, 0.3) is 0 Å². The van der Waals surface area contributed by atoms with E-state index < -0.39 is 0 Å². The average molecular weight is 263 g/mol. The lowest BCUT2D eigenvalue weighted by Gasteiger charge is -2.21. The predicted molar refractivity (Wildman–Crippen MR) is 66.4 cm³/mol. The third-order valence-corrected chi connectivity index (χ3v) is 3.88. The zero-order valence-electron chi connectivity index (χ0n) is 10.00. The van der Waals surface area contributed by atoms with E-state index in [1.807, 2.05) is 17.9 Å². The van der Waals surface area contributed by atoms with Crippen LogP contribution in [0.5, 0.6) is 0 Å². The number of aromatic nitrogens is 2. The molecule has 18 heavy (non-hydrogen) atoms. The van der Waals surface area contributed by atoms with E-state index in [2.05, 4.69) is 9.53 Å². The highest BCUT2D eigenvalue weighted by Gasteiger charge is 2.33. The molecule has 0 aromatic carbocycles. The van der Waals surface area contributed by atoms with Gasteiger partial charge in [0.15, 0.2) is 0 Å². The van der Waals surface area contributed by atoms with E-state index in [1.165, 1.54) is 11.5 Å². The van der Waals surface area contributed by atoms with Gasteiger partial charge in [-0.05, 0) is 37.4 Å². The first kappa shape index (κ1) is 11.4. The molecule has 1 unspecified atom stereocenters. The minimum Gasteiger partial charge on any atom is -0.361 e. The number of rotatable bonds is 2. The van der Waals surface area contributed by atoms with Crippen molar-refractivity contribution in [2.45, 2.75) is 25.8 Å². The van der Waals surface area contributed by atoms with Crippen molar-refractivity contribution in [1.82, 2.24) is 14.4 Å². The van der Waals surface area contributed by atoms with Gasteiger partial charge in [0.1, 0.15) is 16.3 Å². The molecule has 0 radical (unpaired) electrons. The Bertz CT molecular complexity index is 549.